The maximum absolute atomic E-state index is 12.2. The van der Waals surface area contributed by atoms with E-state index in [2.05, 4.69) is 26.1 Å². The fraction of sp³-hybridized carbons (Fsp3) is 0.611. The first-order chi connectivity index (χ1) is 9.89. The molecule has 0 aliphatic heterocycles. The molecule has 1 aliphatic carbocycles. The van der Waals surface area contributed by atoms with Gasteiger partial charge >= 0.3 is 0 Å². The second kappa shape index (κ2) is 6.61. The lowest BCUT2D eigenvalue weighted by molar-refractivity contribution is -0.0109. The van der Waals surface area contributed by atoms with Gasteiger partial charge in [-0.2, -0.15) is 0 Å². The van der Waals surface area contributed by atoms with Gasteiger partial charge in [-0.05, 0) is 42.4 Å². The second-order valence-corrected chi connectivity index (χ2v) is 6.89. The van der Waals surface area contributed by atoms with Gasteiger partial charge < -0.3 is 10.4 Å². The van der Waals surface area contributed by atoms with Gasteiger partial charge in [0.2, 0.25) is 0 Å². The van der Waals surface area contributed by atoms with Gasteiger partial charge in [-0.3, -0.25) is 4.79 Å². The Hall–Kier alpha value is -1.35. The largest absolute Gasteiger partial charge is 0.388 e. The molecule has 2 unspecified atom stereocenters. The van der Waals surface area contributed by atoms with Gasteiger partial charge in [0.1, 0.15) is 0 Å². The number of benzene rings is 1. The number of carbonyl (C=O) groups excluding carboxylic acids is 1. The molecule has 2 atom stereocenters. The lowest BCUT2D eigenvalue weighted by atomic mass is 9.79. The normalized spacial score (nSPS) is 25.9. The number of aliphatic hydroxyl groups is 1. The maximum Gasteiger partial charge on any atom is 0.251 e. The number of hydrogen-bond donors (Lipinski definition) is 2. The van der Waals surface area contributed by atoms with Crippen molar-refractivity contribution in [2.24, 2.45) is 5.92 Å². The Balaban J connectivity index is 1.92. The average Bonchev–Trinajstić information content (AvgIpc) is 2.45. The Kier molecular flexibility index (Phi) is 5.04. The summed E-state index contributed by atoms with van der Waals surface area (Å²) < 4.78 is 0. The molecule has 1 amide bonds. The molecule has 1 fully saturated rings. The SMILES string of the molecule is CC1CCCC(O)(CNC(=O)c2ccc(C(C)C)cc2)C1. The van der Waals surface area contributed by atoms with Crippen LogP contribution in [-0.2, 0) is 0 Å². The molecule has 1 saturated carbocycles. The summed E-state index contributed by atoms with van der Waals surface area (Å²) >= 11 is 0. The Labute approximate surface area is 127 Å². The highest BCUT2D eigenvalue weighted by Gasteiger charge is 2.32. The average molecular weight is 289 g/mol. The summed E-state index contributed by atoms with van der Waals surface area (Å²) in [7, 11) is 0. The Morgan fingerprint density at radius 1 is 1.38 bits per heavy atom. The van der Waals surface area contributed by atoms with Gasteiger partial charge in [-0.1, -0.05) is 45.7 Å². The van der Waals surface area contributed by atoms with E-state index in [1.807, 2.05) is 24.3 Å². The van der Waals surface area contributed by atoms with Gasteiger partial charge in [0.15, 0.2) is 0 Å². The highest BCUT2D eigenvalue weighted by molar-refractivity contribution is 5.94. The summed E-state index contributed by atoms with van der Waals surface area (Å²) in [5.41, 5.74) is 1.16. The monoisotopic (exact) mass is 289 g/mol. The van der Waals surface area contributed by atoms with Crippen LogP contribution in [0, 0.1) is 5.92 Å². The van der Waals surface area contributed by atoms with E-state index in [1.165, 1.54) is 12.0 Å². The van der Waals surface area contributed by atoms with E-state index in [1.54, 1.807) is 0 Å². The number of hydrogen-bond acceptors (Lipinski definition) is 2. The summed E-state index contributed by atoms with van der Waals surface area (Å²) in [4.78, 5) is 12.2. The van der Waals surface area contributed by atoms with Crippen molar-refractivity contribution in [3.8, 4) is 0 Å². The topological polar surface area (TPSA) is 49.3 Å². The highest BCUT2D eigenvalue weighted by atomic mass is 16.3. The van der Waals surface area contributed by atoms with E-state index in [0.717, 1.165) is 19.3 Å². The van der Waals surface area contributed by atoms with Gasteiger partial charge in [-0.15, -0.1) is 0 Å². The van der Waals surface area contributed by atoms with E-state index in [0.29, 0.717) is 23.9 Å². The van der Waals surface area contributed by atoms with Crippen molar-refractivity contribution in [3.05, 3.63) is 35.4 Å². The molecule has 116 valence electrons. The number of amides is 1. The van der Waals surface area contributed by atoms with Crippen LogP contribution < -0.4 is 5.32 Å². The first-order valence-corrected chi connectivity index (χ1v) is 8.00. The van der Waals surface area contributed by atoms with Gasteiger partial charge in [0, 0.05) is 12.1 Å². The first kappa shape index (κ1) is 16.0. The maximum atomic E-state index is 12.2. The van der Waals surface area contributed by atoms with Crippen molar-refractivity contribution in [1.29, 1.82) is 0 Å². The molecule has 0 radical (unpaired) electrons. The van der Waals surface area contributed by atoms with Crippen molar-refractivity contribution in [1.82, 2.24) is 5.32 Å². The fourth-order valence-corrected chi connectivity index (χ4v) is 3.16. The third-order valence-electron chi connectivity index (χ3n) is 4.49. The molecular formula is C18H27NO2. The minimum absolute atomic E-state index is 0.100. The van der Waals surface area contributed by atoms with Crippen LogP contribution in [0.1, 0.15) is 68.3 Å². The van der Waals surface area contributed by atoms with E-state index in [9.17, 15) is 9.90 Å². The molecule has 3 nitrogen and oxygen atoms in total. The molecule has 0 spiro atoms. The molecule has 0 heterocycles. The Morgan fingerprint density at radius 3 is 2.62 bits per heavy atom. The molecule has 1 aromatic rings. The van der Waals surface area contributed by atoms with Crippen molar-refractivity contribution in [3.63, 3.8) is 0 Å². The number of nitrogens with one attached hydrogen (secondary N) is 1. The molecule has 1 aromatic carbocycles. The van der Waals surface area contributed by atoms with Crippen LogP contribution in [0.15, 0.2) is 24.3 Å². The van der Waals surface area contributed by atoms with E-state index in [-0.39, 0.29) is 5.91 Å². The first-order valence-electron chi connectivity index (χ1n) is 8.00. The standard InChI is InChI=1S/C18H27NO2/c1-13(2)15-6-8-16(9-7-15)17(20)19-12-18(21)10-4-5-14(3)11-18/h6-9,13-14,21H,4-5,10-12H2,1-3H3,(H,19,20). The molecular weight excluding hydrogens is 262 g/mol. The summed E-state index contributed by atoms with van der Waals surface area (Å²) in [6.07, 6.45) is 3.77. The third kappa shape index (κ3) is 4.31. The van der Waals surface area contributed by atoms with Gasteiger partial charge in [0.25, 0.3) is 5.91 Å². The lowest BCUT2D eigenvalue weighted by Gasteiger charge is -2.35. The summed E-state index contributed by atoms with van der Waals surface area (Å²) in [5, 5.41) is 13.4. The molecule has 21 heavy (non-hydrogen) atoms. The van der Waals surface area contributed by atoms with Crippen LogP contribution >= 0.6 is 0 Å². The van der Waals surface area contributed by atoms with Crippen LogP contribution in [0.3, 0.4) is 0 Å². The minimum atomic E-state index is -0.731. The van der Waals surface area contributed by atoms with Gasteiger partial charge in [-0.25, -0.2) is 0 Å². The summed E-state index contributed by atoms with van der Waals surface area (Å²) in [6, 6.07) is 7.71. The van der Waals surface area contributed by atoms with Crippen LogP contribution in [-0.4, -0.2) is 23.2 Å². The van der Waals surface area contributed by atoms with E-state index >= 15 is 0 Å². The van der Waals surface area contributed by atoms with Crippen LogP contribution in [0.2, 0.25) is 0 Å². The lowest BCUT2D eigenvalue weighted by Crippen LogP contribution is -2.45. The van der Waals surface area contributed by atoms with Crippen molar-refractivity contribution >= 4 is 5.91 Å². The van der Waals surface area contributed by atoms with Gasteiger partial charge in [0.05, 0.1) is 5.60 Å². The quantitative estimate of drug-likeness (QED) is 0.891. The van der Waals surface area contributed by atoms with Crippen molar-refractivity contribution in [2.75, 3.05) is 6.54 Å². The van der Waals surface area contributed by atoms with Crippen molar-refractivity contribution in [2.45, 2.75) is 58.0 Å². The number of carbonyl (C=O) groups is 1. The third-order valence-corrected chi connectivity index (χ3v) is 4.49. The second-order valence-electron chi connectivity index (χ2n) is 6.89. The number of rotatable bonds is 4. The molecule has 0 bridgehead atoms. The molecule has 2 N–H and O–H groups in total. The van der Waals surface area contributed by atoms with Crippen LogP contribution in [0.25, 0.3) is 0 Å². The van der Waals surface area contributed by atoms with Crippen LogP contribution in [0.4, 0.5) is 0 Å². The summed E-state index contributed by atoms with van der Waals surface area (Å²) in [6.45, 7) is 6.78. The Bertz CT molecular complexity index is 480. The molecule has 0 saturated heterocycles. The fourth-order valence-electron chi connectivity index (χ4n) is 3.16. The molecule has 2 rings (SSSR count). The van der Waals surface area contributed by atoms with E-state index in [4.69, 9.17) is 0 Å². The molecule has 1 aliphatic rings. The predicted octanol–water partition coefficient (Wildman–Crippen LogP) is 3.48. The molecule has 3 heteroatoms. The highest BCUT2D eigenvalue weighted by Crippen LogP contribution is 2.31. The predicted molar refractivity (Wildman–Crippen MR) is 85.4 cm³/mol. The minimum Gasteiger partial charge on any atom is -0.388 e. The molecule has 0 aromatic heterocycles. The zero-order valence-corrected chi connectivity index (χ0v) is 13.4. The van der Waals surface area contributed by atoms with Crippen LogP contribution in [0.5, 0.6) is 0 Å². The van der Waals surface area contributed by atoms with Crippen molar-refractivity contribution < 1.29 is 9.90 Å². The van der Waals surface area contributed by atoms with E-state index < -0.39 is 5.60 Å². The zero-order chi connectivity index (χ0) is 15.5. The zero-order valence-electron chi connectivity index (χ0n) is 13.4. The summed E-state index contributed by atoms with van der Waals surface area (Å²) in [5.74, 6) is 0.898. The Morgan fingerprint density at radius 2 is 2.05 bits per heavy atom. The smallest absolute Gasteiger partial charge is 0.251 e.